The molecule has 0 radical (unpaired) electrons. The zero-order chi connectivity index (χ0) is 25.8. The number of pyridine rings is 1. The molecule has 0 unspecified atom stereocenters. The number of aromatic amines is 1. The van der Waals surface area contributed by atoms with Crippen molar-refractivity contribution in [1.82, 2.24) is 20.2 Å². The van der Waals surface area contributed by atoms with Gasteiger partial charge in [0.1, 0.15) is 11.3 Å². The van der Waals surface area contributed by atoms with E-state index in [1.807, 2.05) is 42.6 Å². The van der Waals surface area contributed by atoms with Crippen molar-refractivity contribution in [3.63, 3.8) is 0 Å². The first kappa shape index (κ1) is 24.8. The zero-order valence-corrected chi connectivity index (χ0v) is 21.3. The average Bonchev–Trinajstić information content (AvgIpc) is 3.39. The van der Waals surface area contributed by atoms with E-state index in [1.165, 1.54) is 12.7 Å². The van der Waals surface area contributed by atoms with Crippen LogP contribution in [0, 0.1) is 0 Å². The number of nitrogens with zero attached hydrogens (tertiary/aromatic N) is 2. The summed E-state index contributed by atoms with van der Waals surface area (Å²) in [6, 6.07) is 13.1. The van der Waals surface area contributed by atoms with Crippen LogP contribution in [0.15, 0.2) is 54.9 Å². The van der Waals surface area contributed by atoms with Crippen LogP contribution >= 0.6 is 0 Å². The number of H-pyrrole nitrogens is 1. The van der Waals surface area contributed by atoms with Crippen LogP contribution in [0.2, 0.25) is 0 Å². The number of carbonyl (C=O) groups is 2. The minimum Gasteiger partial charge on any atom is -0.494 e. The summed E-state index contributed by atoms with van der Waals surface area (Å²) < 4.78 is 10.4. The number of esters is 1. The van der Waals surface area contributed by atoms with Gasteiger partial charge in [-0.3, -0.25) is 9.78 Å². The number of hydrogen-bond acceptors (Lipinski definition) is 6. The van der Waals surface area contributed by atoms with E-state index in [1.54, 1.807) is 19.4 Å². The summed E-state index contributed by atoms with van der Waals surface area (Å²) in [5.74, 6) is 0.655. The molecule has 8 nitrogen and oxygen atoms in total. The number of hydrogen-bond donors (Lipinski definition) is 2. The number of benzene rings is 2. The molecule has 1 amide bonds. The molecule has 1 aliphatic heterocycles. The molecular formula is C29H32N4O4. The predicted octanol–water partition coefficient (Wildman–Crippen LogP) is 4.51. The molecule has 2 N–H and O–H groups in total. The van der Waals surface area contributed by atoms with Crippen molar-refractivity contribution in [2.75, 3.05) is 40.4 Å². The number of carbonyl (C=O) groups excluding carboxylic acids is 2. The maximum Gasteiger partial charge on any atom is 0.338 e. The lowest BCUT2D eigenvalue weighted by atomic mass is 9.88. The lowest BCUT2D eigenvalue weighted by Gasteiger charge is -2.32. The monoisotopic (exact) mass is 500 g/mol. The molecular weight excluding hydrogens is 468 g/mol. The van der Waals surface area contributed by atoms with E-state index in [0.717, 1.165) is 55.2 Å². The molecule has 5 rings (SSSR count). The van der Waals surface area contributed by atoms with Gasteiger partial charge in [0.25, 0.3) is 5.91 Å². The molecule has 0 bridgehead atoms. The highest BCUT2D eigenvalue weighted by atomic mass is 16.5. The number of likely N-dealkylation sites (tertiary alicyclic amines) is 1. The number of rotatable bonds is 8. The van der Waals surface area contributed by atoms with Gasteiger partial charge in [0, 0.05) is 35.2 Å². The van der Waals surface area contributed by atoms with Crippen LogP contribution in [0.5, 0.6) is 5.75 Å². The van der Waals surface area contributed by atoms with Gasteiger partial charge in [0.15, 0.2) is 0 Å². The van der Waals surface area contributed by atoms with Crippen LogP contribution in [-0.4, -0.2) is 67.1 Å². The van der Waals surface area contributed by atoms with Gasteiger partial charge in [-0.05, 0) is 74.6 Å². The number of fused-ring (bicyclic) bond motifs is 2. The second-order valence-electron chi connectivity index (χ2n) is 9.40. The summed E-state index contributed by atoms with van der Waals surface area (Å²) >= 11 is 0. The van der Waals surface area contributed by atoms with Crippen LogP contribution in [0.3, 0.4) is 0 Å². The molecule has 0 atom stereocenters. The molecule has 0 saturated carbocycles. The summed E-state index contributed by atoms with van der Waals surface area (Å²) in [5, 5.41) is 4.83. The van der Waals surface area contributed by atoms with Crippen molar-refractivity contribution in [3.05, 3.63) is 71.5 Å². The van der Waals surface area contributed by atoms with Crippen molar-refractivity contribution in [2.24, 2.45) is 0 Å². The van der Waals surface area contributed by atoms with Gasteiger partial charge in [0.2, 0.25) is 0 Å². The molecule has 4 aromatic rings. The number of nitrogens with one attached hydrogen (secondary N) is 2. The largest absolute Gasteiger partial charge is 0.494 e. The van der Waals surface area contributed by atoms with Gasteiger partial charge in [0.05, 0.1) is 25.3 Å². The van der Waals surface area contributed by atoms with Crippen molar-refractivity contribution >= 4 is 33.7 Å². The molecule has 3 heterocycles. The van der Waals surface area contributed by atoms with Gasteiger partial charge >= 0.3 is 5.97 Å². The molecule has 2 aromatic carbocycles. The highest BCUT2D eigenvalue weighted by Gasteiger charge is 2.25. The zero-order valence-electron chi connectivity index (χ0n) is 21.3. The van der Waals surface area contributed by atoms with Gasteiger partial charge in [-0.25, -0.2) is 4.79 Å². The third kappa shape index (κ3) is 5.02. The van der Waals surface area contributed by atoms with Gasteiger partial charge in [-0.1, -0.05) is 18.2 Å². The van der Waals surface area contributed by atoms with Gasteiger partial charge in [-0.15, -0.1) is 0 Å². The molecule has 2 aromatic heterocycles. The number of amides is 1. The third-order valence-electron chi connectivity index (χ3n) is 7.30. The molecule has 37 heavy (non-hydrogen) atoms. The number of para-hydroxylation sites is 1. The maximum atomic E-state index is 12.9. The quantitative estimate of drug-likeness (QED) is 0.273. The van der Waals surface area contributed by atoms with E-state index in [2.05, 4.69) is 20.2 Å². The normalized spacial score (nSPS) is 14.6. The fraction of sp³-hybridized carbons (Fsp3) is 0.345. The molecule has 0 aliphatic carbocycles. The van der Waals surface area contributed by atoms with Crippen LogP contribution < -0.4 is 10.1 Å². The highest BCUT2D eigenvalue weighted by Crippen LogP contribution is 2.35. The Morgan fingerprint density at radius 1 is 1.08 bits per heavy atom. The van der Waals surface area contributed by atoms with E-state index in [0.29, 0.717) is 34.9 Å². The fourth-order valence-electron chi connectivity index (χ4n) is 5.39. The summed E-state index contributed by atoms with van der Waals surface area (Å²) in [7, 11) is 3.02. The Morgan fingerprint density at radius 2 is 1.89 bits per heavy atom. The molecule has 1 fully saturated rings. The molecule has 1 aliphatic rings. The number of methoxy groups -OCH3 is 2. The van der Waals surface area contributed by atoms with Crippen LogP contribution in [0.4, 0.5) is 0 Å². The summed E-state index contributed by atoms with van der Waals surface area (Å²) in [6.45, 7) is 3.51. The van der Waals surface area contributed by atoms with Crippen LogP contribution in [-0.2, 0) is 4.74 Å². The lowest BCUT2D eigenvalue weighted by molar-refractivity contribution is 0.0602. The highest BCUT2D eigenvalue weighted by molar-refractivity contribution is 6.07. The standard InChI is InChI=1S/C29H32N4O4/c1-36-25-9-4-6-20-21(10-14-30-27(20)25)28(34)31-13-5-15-33-16-11-19(12-17-33)23-18-32-24-8-3-7-22(26(23)24)29(35)37-2/h3-4,6-10,14,18-19,32H,5,11-13,15-17H2,1-2H3,(H,31,34). The second kappa shape index (κ2) is 11.0. The van der Waals surface area contributed by atoms with Crippen LogP contribution in [0.25, 0.3) is 21.8 Å². The van der Waals surface area contributed by atoms with Crippen molar-refractivity contribution in [3.8, 4) is 5.75 Å². The fourth-order valence-corrected chi connectivity index (χ4v) is 5.39. The molecule has 1 saturated heterocycles. The molecule has 8 heteroatoms. The minimum atomic E-state index is -0.301. The first-order valence-electron chi connectivity index (χ1n) is 12.7. The molecule has 0 spiro atoms. The lowest BCUT2D eigenvalue weighted by Crippen LogP contribution is -2.35. The predicted molar refractivity (Wildman–Crippen MR) is 143 cm³/mol. The molecule has 192 valence electrons. The first-order valence-corrected chi connectivity index (χ1v) is 12.7. The minimum absolute atomic E-state index is 0.0971. The van der Waals surface area contributed by atoms with Crippen molar-refractivity contribution < 1.29 is 19.1 Å². The van der Waals surface area contributed by atoms with Gasteiger partial charge < -0.3 is 24.7 Å². The topological polar surface area (TPSA) is 96.6 Å². The van der Waals surface area contributed by atoms with E-state index >= 15 is 0 Å². The number of ether oxygens (including phenoxy) is 2. The van der Waals surface area contributed by atoms with Crippen molar-refractivity contribution in [2.45, 2.75) is 25.2 Å². The Bertz CT molecular complexity index is 1420. The smallest absolute Gasteiger partial charge is 0.338 e. The Morgan fingerprint density at radius 3 is 2.68 bits per heavy atom. The van der Waals surface area contributed by atoms with Crippen LogP contribution in [0.1, 0.15) is 51.5 Å². The third-order valence-corrected chi connectivity index (χ3v) is 7.30. The summed E-state index contributed by atoms with van der Waals surface area (Å²) in [6.07, 6.45) is 6.62. The Labute approximate surface area is 216 Å². The Kier molecular flexibility index (Phi) is 7.37. The summed E-state index contributed by atoms with van der Waals surface area (Å²) in [5.41, 5.74) is 4.08. The maximum absolute atomic E-state index is 12.9. The SMILES string of the molecule is COC(=O)c1cccc2[nH]cc(C3CCN(CCCNC(=O)c4ccnc5c(OC)cccc45)CC3)c12. The van der Waals surface area contributed by atoms with Crippen molar-refractivity contribution in [1.29, 1.82) is 0 Å². The number of aromatic nitrogens is 2. The first-order chi connectivity index (χ1) is 18.1. The second-order valence-corrected chi connectivity index (χ2v) is 9.40. The summed E-state index contributed by atoms with van der Waals surface area (Å²) in [4.78, 5) is 35.3. The Balaban J connectivity index is 1.14. The van der Waals surface area contributed by atoms with Gasteiger partial charge in [-0.2, -0.15) is 0 Å². The van der Waals surface area contributed by atoms with E-state index in [9.17, 15) is 9.59 Å². The Hall–Kier alpha value is -3.91. The van der Waals surface area contributed by atoms with E-state index in [4.69, 9.17) is 9.47 Å². The number of piperidine rings is 1. The average molecular weight is 501 g/mol. The van der Waals surface area contributed by atoms with E-state index in [-0.39, 0.29) is 11.9 Å². The van der Waals surface area contributed by atoms with E-state index < -0.39 is 0 Å².